The van der Waals surface area contributed by atoms with Crippen molar-refractivity contribution in [3.63, 3.8) is 0 Å². The third-order valence-electron chi connectivity index (χ3n) is 2.49. The van der Waals surface area contributed by atoms with Crippen molar-refractivity contribution in [1.82, 2.24) is 4.98 Å². The van der Waals surface area contributed by atoms with Crippen molar-refractivity contribution in [3.05, 3.63) is 59.9 Å². The standard InChI is InChI=1S/C14H16N2/c1-12-7-8-13(11-16-12)9-10-15-14-5-3-2-4-6-14/h2-8,11,15H,9-10H2,1H3. The number of aryl methyl sites for hydroxylation is 1. The van der Waals surface area contributed by atoms with E-state index >= 15 is 0 Å². The highest BCUT2D eigenvalue weighted by atomic mass is 14.9. The molecule has 1 aromatic carbocycles. The lowest BCUT2D eigenvalue weighted by Gasteiger charge is -2.05. The number of hydrogen-bond acceptors (Lipinski definition) is 2. The lowest BCUT2D eigenvalue weighted by molar-refractivity contribution is 0.997. The monoisotopic (exact) mass is 212 g/mol. The number of para-hydroxylation sites is 1. The fourth-order valence-corrected chi connectivity index (χ4v) is 1.55. The first-order valence-corrected chi connectivity index (χ1v) is 5.55. The van der Waals surface area contributed by atoms with Gasteiger partial charge in [0.05, 0.1) is 0 Å². The Morgan fingerprint density at radius 3 is 2.56 bits per heavy atom. The molecular weight excluding hydrogens is 196 g/mol. The summed E-state index contributed by atoms with van der Waals surface area (Å²) < 4.78 is 0. The molecule has 0 atom stereocenters. The summed E-state index contributed by atoms with van der Waals surface area (Å²) in [6, 6.07) is 14.4. The summed E-state index contributed by atoms with van der Waals surface area (Å²) in [6.07, 6.45) is 2.95. The third-order valence-corrected chi connectivity index (χ3v) is 2.49. The number of benzene rings is 1. The third kappa shape index (κ3) is 3.09. The molecule has 0 amide bonds. The fourth-order valence-electron chi connectivity index (χ4n) is 1.55. The highest BCUT2D eigenvalue weighted by Crippen LogP contribution is 2.06. The number of pyridine rings is 1. The summed E-state index contributed by atoms with van der Waals surface area (Å²) in [6.45, 7) is 2.95. The molecule has 0 fully saturated rings. The van der Waals surface area contributed by atoms with Crippen molar-refractivity contribution in [1.29, 1.82) is 0 Å². The van der Waals surface area contributed by atoms with Crippen LogP contribution < -0.4 is 5.32 Å². The molecule has 0 bridgehead atoms. The predicted octanol–water partition coefficient (Wildman–Crippen LogP) is 3.04. The maximum atomic E-state index is 4.28. The molecule has 1 aromatic heterocycles. The van der Waals surface area contributed by atoms with Crippen LogP contribution in [0.25, 0.3) is 0 Å². The average Bonchev–Trinajstić information content (AvgIpc) is 2.33. The minimum atomic E-state index is 0.939. The molecule has 2 rings (SSSR count). The van der Waals surface area contributed by atoms with Crippen molar-refractivity contribution in [2.45, 2.75) is 13.3 Å². The highest BCUT2D eigenvalue weighted by molar-refractivity contribution is 5.42. The topological polar surface area (TPSA) is 24.9 Å². The maximum absolute atomic E-state index is 4.28. The first-order chi connectivity index (χ1) is 7.84. The molecule has 1 heterocycles. The number of hydrogen-bond donors (Lipinski definition) is 1. The number of nitrogens with one attached hydrogen (secondary N) is 1. The summed E-state index contributed by atoms with van der Waals surface area (Å²) in [7, 11) is 0. The number of aromatic nitrogens is 1. The Balaban J connectivity index is 1.82. The van der Waals surface area contributed by atoms with E-state index in [1.54, 1.807) is 0 Å². The number of rotatable bonds is 4. The van der Waals surface area contributed by atoms with Crippen LogP contribution in [-0.4, -0.2) is 11.5 Å². The maximum Gasteiger partial charge on any atom is 0.0372 e. The second-order valence-corrected chi connectivity index (χ2v) is 3.85. The van der Waals surface area contributed by atoms with E-state index in [-0.39, 0.29) is 0 Å². The molecule has 1 N–H and O–H groups in total. The second kappa shape index (κ2) is 5.31. The van der Waals surface area contributed by atoms with Crippen molar-refractivity contribution in [2.24, 2.45) is 0 Å². The van der Waals surface area contributed by atoms with Crippen LogP contribution in [-0.2, 0) is 6.42 Å². The van der Waals surface area contributed by atoms with Crippen molar-refractivity contribution >= 4 is 5.69 Å². The van der Waals surface area contributed by atoms with Crippen LogP contribution in [0.1, 0.15) is 11.3 Å². The van der Waals surface area contributed by atoms with Gasteiger partial charge in [0.25, 0.3) is 0 Å². The summed E-state index contributed by atoms with van der Waals surface area (Å²) in [5.74, 6) is 0. The van der Waals surface area contributed by atoms with Crippen molar-refractivity contribution < 1.29 is 0 Å². The first-order valence-electron chi connectivity index (χ1n) is 5.55. The lowest BCUT2D eigenvalue weighted by Crippen LogP contribution is -2.04. The molecule has 2 nitrogen and oxygen atoms in total. The zero-order valence-corrected chi connectivity index (χ0v) is 9.48. The van der Waals surface area contributed by atoms with E-state index in [4.69, 9.17) is 0 Å². The van der Waals surface area contributed by atoms with Crippen LogP contribution in [0.2, 0.25) is 0 Å². The van der Waals surface area contributed by atoms with Gasteiger partial charge in [0.2, 0.25) is 0 Å². The Kier molecular flexibility index (Phi) is 3.54. The van der Waals surface area contributed by atoms with E-state index in [2.05, 4.69) is 34.6 Å². The van der Waals surface area contributed by atoms with E-state index in [1.165, 1.54) is 11.3 Å². The van der Waals surface area contributed by atoms with Gasteiger partial charge in [-0.2, -0.15) is 0 Å². The van der Waals surface area contributed by atoms with E-state index in [9.17, 15) is 0 Å². The lowest BCUT2D eigenvalue weighted by atomic mass is 10.2. The fraction of sp³-hybridized carbons (Fsp3) is 0.214. The molecule has 0 aliphatic rings. The van der Waals surface area contributed by atoms with Crippen molar-refractivity contribution in [2.75, 3.05) is 11.9 Å². The van der Waals surface area contributed by atoms with Crippen molar-refractivity contribution in [3.8, 4) is 0 Å². The zero-order chi connectivity index (χ0) is 11.2. The first kappa shape index (κ1) is 10.7. The molecule has 0 radical (unpaired) electrons. The summed E-state index contributed by atoms with van der Waals surface area (Å²) >= 11 is 0. The SMILES string of the molecule is Cc1ccc(CCNc2ccccc2)cn1. The summed E-state index contributed by atoms with van der Waals surface area (Å²) in [4.78, 5) is 4.28. The Labute approximate surface area is 96.4 Å². The zero-order valence-electron chi connectivity index (χ0n) is 9.48. The Morgan fingerprint density at radius 1 is 1.06 bits per heavy atom. The van der Waals surface area contributed by atoms with Crippen LogP contribution in [0.5, 0.6) is 0 Å². The van der Waals surface area contributed by atoms with Gasteiger partial charge >= 0.3 is 0 Å². The van der Waals surface area contributed by atoms with Crippen LogP contribution >= 0.6 is 0 Å². The van der Waals surface area contributed by atoms with Gasteiger partial charge in [-0.15, -0.1) is 0 Å². The number of anilines is 1. The molecule has 0 spiro atoms. The Hall–Kier alpha value is -1.83. The Bertz CT molecular complexity index is 420. The van der Waals surface area contributed by atoms with Gasteiger partial charge in [-0.25, -0.2) is 0 Å². The van der Waals surface area contributed by atoms with Crippen LogP contribution in [0.3, 0.4) is 0 Å². The molecule has 0 unspecified atom stereocenters. The highest BCUT2D eigenvalue weighted by Gasteiger charge is 1.94. The van der Waals surface area contributed by atoms with Crippen LogP contribution in [0.15, 0.2) is 48.7 Å². The normalized spacial score (nSPS) is 10.1. The molecular formula is C14H16N2. The van der Waals surface area contributed by atoms with Gasteiger partial charge in [-0.3, -0.25) is 4.98 Å². The average molecular weight is 212 g/mol. The molecule has 2 heteroatoms. The second-order valence-electron chi connectivity index (χ2n) is 3.85. The smallest absolute Gasteiger partial charge is 0.0372 e. The summed E-state index contributed by atoms with van der Waals surface area (Å²) in [5.41, 5.74) is 3.51. The van der Waals surface area contributed by atoms with Gasteiger partial charge in [0, 0.05) is 24.1 Å². The molecule has 82 valence electrons. The van der Waals surface area contributed by atoms with Gasteiger partial charge in [0.15, 0.2) is 0 Å². The quantitative estimate of drug-likeness (QED) is 0.842. The molecule has 2 aromatic rings. The van der Waals surface area contributed by atoms with Crippen LogP contribution in [0.4, 0.5) is 5.69 Å². The minimum Gasteiger partial charge on any atom is -0.385 e. The van der Waals surface area contributed by atoms with E-state index < -0.39 is 0 Å². The van der Waals surface area contributed by atoms with E-state index in [0.717, 1.165) is 18.7 Å². The Morgan fingerprint density at radius 2 is 1.88 bits per heavy atom. The van der Waals surface area contributed by atoms with Gasteiger partial charge in [0.1, 0.15) is 0 Å². The number of nitrogens with zero attached hydrogens (tertiary/aromatic N) is 1. The molecule has 0 aliphatic carbocycles. The summed E-state index contributed by atoms with van der Waals surface area (Å²) in [5, 5.41) is 3.38. The predicted molar refractivity (Wildman–Crippen MR) is 67.6 cm³/mol. The van der Waals surface area contributed by atoms with Gasteiger partial charge < -0.3 is 5.32 Å². The molecule has 0 saturated heterocycles. The van der Waals surface area contributed by atoms with Crippen LogP contribution in [0, 0.1) is 6.92 Å². The molecule has 0 aliphatic heterocycles. The molecule has 0 saturated carbocycles. The van der Waals surface area contributed by atoms with Gasteiger partial charge in [-0.1, -0.05) is 24.3 Å². The van der Waals surface area contributed by atoms with Gasteiger partial charge in [-0.05, 0) is 37.1 Å². The molecule has 16 heavy (non-hydrogen) atoms. The van der Waals surface area contributed by atoms with E-state index in [0.29, 0.717) is 0 Å². The minimum absolute atomic E-state index is 0.939. The van der Waals surface area contributed by atoms with E-state index in [1.807, 2.05) is 31.3 Å². The largest absolute Gasteiger partial charge is 0.385 e.